The number of aromatic nitrogens is 2. The van der Waals surface area contributed by atoms with Crippen LogP contribution in [0.2, 0.25) is 0 Å². The monoisotopic (exact) mass is 393 g/mol. The van der Waals surface area contributed by atoms with Gasteiger partial charge in [0.1, 0.15) is 11.9 Å². The van der Waals surface area contributed by atoms with Gasteiger partial charge >= 0.3 is 0 Å². The fraction of sp³-hybridized carbons (Fsp3) is 0.227. The molecule has 0 saturated heterocycles. The molecule has 0 aliphatic heterocycles. The first kappa shape index (κ1) is 19.0. The zero-order valence-corrected chi connectivity index (χ0v) is 15.8. The summed E-state index contributed by atoms with van der Waals surface area (Å²) in [6.45, 7) is 0. The number of halogens is 1. The second kappa shape index (κ2) is 7.97. The molecule has 1 amide bonds. The number of nitrogens with zero attached hydrogens (tertiary/aromatic N) is 2. The van der Waals surface area contributed by atoms with Gasteiger partial charge in [-0.1, -0.05) is 36.4 Å². The summed E-state index contributed by atoms with van der Waals surface area (Å²) in [5.74, 6) is -0.829. The Morgan fingerprint density at radius 1 is 1.17 bits per heavy atom. The van der Waals surface area contributed by atoms with Gasteiger partial charge in [0.2, 0.25) is 5.91 Å². The summed E-state index contributed by atoms with van der Waals surface area (Å²) in [6, 6.07) is 14.9. The first-order valence-electron chi connectivity index (χ1n) is 9.29. The highest BCUT2D eigenvalue weighted by Crippen LogP contribution is 2.34. The summed E-state index contributed by atoms with van der Waals surface area (Å²) in [4.78, 5) is 25.7. The van der Waals surface area contributed by atoms with E-state index in [2.05, 4.69) is 10.4 Å². The molecule has 0 radical (unpaired) electrons. The molecule has 1 aliphatic rings. The smallest absolute Gasteiger partial charge is 0.267 e. The van der Waals surface area contributed by atoms with Gasteiger partial charge in [-0.2, -0.15) is 5.10 Å². The normalized spacial score (nSPS) is 18.8. The van der Waals surface area contributed by atoms with Crippen LogP contribution >= 0.6 is 0 Å². The van der Waals surface area contributed by atoms with Crippen LogP contribution in [0.25, 0.3) is 0 Å². The Balaban J connectivity index is 1.67. The molecule has 0 saturated carbocycles. The third-order valence-corrected chi connectivity index (χ3v) is 5.17. The van der Waals surface area contributed by atoms with E-state index in [1.807, 2.05) is 24.3 Å². The van der Waals surface area contributed by atoms with Crippen LogP contribution in [0, 0.1) is 5.82 Å². The molecule has 3 aromatic rings. The van der Waals surface area contributed by atoms with Crippen molar-refractivity contribution in [1.82, 2.24) is 15.1 Å². The predicted molar refractivity (Wildman–Crippen MR) is 105 cm³/mol. The molecule has 0 bridgehead atoms. The number of methoxy groups -OCH3 is 1. The molecule has 3 atom stereocenters. The molecular formula is C22H20FN3O3. The fourth-order valence-electron chi connectivity index (χ4n) is 3.85. The van der Waals surface area contributed by atoms with Crippen molar-refractivity contribution in [3.63, 3.8) is 0 Å². The molecule has 2 aromatic carbocycles. The van der Waals surface area contributed by atoms with Gasteiger partial charge in [-0.05, 0) is 41.3 Å². The number of hydrogen-bond acceptors (Lipinski definition) is 4. The van der Waals surface area contributed by atoms with Crippen molar-refractivity contribution >= 4 is 5.91 Å². The largest absolute Gasteiger partial charge is 0.375 e. The summed E-state index contributed by atoms with van der Waals surface area (Å²) in [5, 5.41) is 7.08. The highest BCUT2D eigenvalue weighted by Gasteiger charge is 2.35. The second-order valence-corrected chi connectivity index (χ2v) is 6.93. The zero-order valence-electron chi connectivity index (χ0n) is 15.8. The third kappa shape index (κ3) is 3.69. The molecule has 1 unspecified atom stereocenters. The van der Waals surface area contributed by atoms with E-state index >= 15 is 0 Å². The minimum absolute atomic E-state index is 0.285. The molecule has 0 spiro atoms. The molecule has 0 fully saturated rings. The van der Waals surface area contributed by atoms with Crippen LogP contribution in [0.4, 0.5) is 4.39 Å². The number of rotatable bonds is 5. The molecule has 1 aromatic heterocycles. The van der Waals surface area contributed by atoms with Gasteiger partial charge in [0, 0.05) is 19.4 Å². The lowest BCUT2D eigenvalue weighted by molar-refractivity contribution is -0.125. The summed E-state index contributed by atoms with van der Waals surface area (Å²) >= 11 is 0. The van der Waals surface area contributed by atoms with Crippen LogP contribution < -0.4 is 10.9 Å². The number of benzene rings is 2. The van der Waals surface area contributed by atoms with Crippen molar-refractivity contribution in [2.45, 2.75) is 24.6 Å². The Kier molecular flexibility index (Phi) is 5.22. The van der Waals surface area contributed by atoms with Crippen molar-refractivity contribution in [3.05, 3.63) is 99.7 Å². The van der Waals surface area contributed by atoms with Crippen LogP contribution in [0.1, 0.15) is 28.8 Å². The van der Waals surface area contributed by atoms with Crippen LogP contribution in [0.5, 0.6) is 0 Å². The van der Waals surface area contributed by atoms with Gasteiger partial charge < -0.3 is 10.1 Å². The van der Waals surface area contributed by atoms with Gasteiger partial charge in [0.25, 0.3) is 5.56 Å². The van der Waals surface area contributed by atoms with E-state index in [-0.39, 0.29) is 12.1 Å². The highest BCUT2D eigenvalue weighted by atomic mass is 19.1. The molecule has 1 heterocycles. The van der Waals surface area contributed by atoms with Crippen LogP contribution in [-0.2, 0) is 16.0 Å². The average Bonchev–Trinajstić information content (AvgIpc) is 3.08. The number of ether oxygens (including phenoxy) is 1. The number of fused-ring (bicyclic) bond motifs is 1. The Labute approximate surface area is 166 Å². The van der Waals surface area contributed by atoms with Gasteiger partial charge in [-0.15, -0.1) is 0 Å². The number of hydrogen-bond donors (Lipinski definition) is 1. The molecule has 148 valence electrons. The quantitative estimate of drug-likeness (QED) is 0.723. The molecule has 6 nitrogen and oxygen atoms in total. The fourth-order valence-corrected chi connectivity index (χ4v) is 3.85. The maximum Gasteiger partial charge on any atom is 0.267 e. The van der Waals surface area contributed by atoms with E-state index in [9.17, 15) is 14.0 Å². The summed E-state index contributed by atoms with van der Waals surface area (Å²) in [6.07, 6.45) is 1.77. The van der Waals surface area contributed by atoms with Crippen molar-refractivity contribution in [3.8, 4) is 0 Å². The maximum absolute atomic E-state index is 13.4. The van der Waals surface area contributed by atoms with E-state index in [1.165, 1.54) is 42.6 Å². The van der Waals surface area contributed by atoms with Crippen LogP contribution in [0.15, 0.2) is 71.7 Å². The van der Waals surface area contributed by atoms with E-state index in [1.54, 1.807) is 7.11 Å². The summed E-state index contributed by atoms with van der Waals surface area (Å²) in [5.41, 5.74) is 2.19. The molecule has 29 heavy (non-hydrogen) atoms. The molecule has 7 heteroatoms. The molecular weight excluding hydrogens is 373 g/mol. The third-order valence-electron chi connectivity index (χ3n) is 5.17. The molecule has 1 aliphatic carbocycles. The van der Waals surface area contributed by atoms with Crippen molar-refractivity contribution in [2.24, 2.45) is 0 Å². The van der Waals surface area contributed by atoms with Crippen molar-refractivity contribution in [1.29, 1.82) is 0 Å². The summed E-state index contributed by atoms with van der Waals surface area (Å²) in [7, 11) is 1.60. The number of amides is 1. The first-order valence-corrected chi connectivity index (χ1v) is 9.29. The van der Waals surface area contributed by atoms with Crippen LogP contribution in [-0.4, -0.2) is 28.8 Å². The van der Waals surface area contributed by atoms with E-state index in [0.717, 1.165) is 15.8 Å². The van der Waals surface area contributed by atoms with E-state index in [0.29, 0.717) is 12.0 Å². The minimum atomic E-state index is -1.02. The molecule has 1 N–H and O–H groups in total. The second-order valence-electron chi connectivity index (χ2n) is 6.93. The van der Waals surface area contributed by atoms with Gasteiger partial charge in [-0.25, -0.2) is 9.07 Å². The Bertz CT molecular complexity index is 1080. The number of carbonyl (C=O) groups is 1. The van der Waals surface area contributed by atoms with Gasteiger partial charge in [0.15, 0.2) is 6.04 Å². The lowest BCUT2D eigenvalue weighted by Crippen LogP contribution is -2.45. The lowest BCUT2D eigenvalue weighted by Gasteiger charge is -2.24. The first-order chi connectivity index (χ1) is 14.1. The minimum Gasteiger partial charge on any atom is -0.375 e. The number of nitrogens with one attached hydrogen (secondary N) is 1. The van der Waals surface area contributed by atoms with Crippen molar-refractivity contribution in [2.75, 3.05) is 7.11 Å². The lowest BCUT2D eigenvalue weighted by atomic mass is 10.0. The van der Waals surface area contributed by atoms with Crippen molar-refractivity contribution < 1.29 is 13.9 Å². The summed E-state index contributed by atoms with van der Waals surface area (Å²) < 4.78 is 20.1. The van der Waals surface area contributed by atoms with E-state index < -0.39 is 23.3 Å². The average molecular weight is 393 g/mol. The van der Waals surface area contributed by atoms with Crippen LogP contribution in [0.3, 0.4) is 0 Å². The SMILES string of the molecule is CO[C@H]1c2ccccc2C[C@@H]1NC(=O)C(c1ccc(F)cc1)n1ncccc1=O. The Morgan fingerprint density at radius 3 is 2.66 bits per heavy atom. The predicted octanol–water partition coefficient (Wildman–Crippen LogP) is 2.40. The van der Waals surface area contributed by atoms with Gasteiger partial charge in [-0.3, -0.25) is 9.59 Å². The highest BCUT2D eigenvalue weighted by molar-refractivity contribution is 5.84. The van der Waals surface area contributed by atoms with Gasteiger partial charge in [0.05, 0.1) is 6.04 Å². The maximum atomic E-state index is 13.4. The standard InChI is InChI=1S/C22H20FN3O3/c1-29-21-17-6-3-2-5-15(17)13-18(21)25-22(28)20(14-8-10-16(23)11-9-14)26-19(27)7-4-12-24-26/h2-12,18,20-21H,13H2,1H3,(H,25,28)/t18-,20?,21-/m0/s1. The van der Waals surface area contributed by atoms with E-state index in [4.69, 9.17) is 4.74 Å². The topological polar surface area (TPSA) is 73.2 Å². The Hall–Kier alpha value is -3.32. The molecule has 4 rings (SSSR count). The zero-order chi connectivity index (χ0) is 20.4. The Morgan fingerprint density at radius 2 is 1.93 bits per heavy atom. The number of carbonyl (C=O) groups excluding carboxylic acids is 1.